The number of benzene rings is 2. The molecule has 0 spiro atoms. The first-order valence-corrected chi connectivity index (χ1v) is 18.7. The van der Waals surface area contributed by atoms with Crippen LogP contribution in [0.2, 0.25) is 5.02 Å². The molecule has 8 rings (SSSR count). The third-order valence-corrected chi connectivity index (χ3v) is 11.2. The van der Waals surface area contributed by atoms with Crippen molar-refractivity contribution in [3.8, 4) is 17.3 Å². The van der Waals surface area contributed by atoms with E-state index in [9.17, 15) is 13.6 Å². The number of anilines is 1. The zero-order valence-electron chi connectivity index (χ0n) is 30.1. The topological polar surface area (TPSA) is 105 Å². The predicted molar refractivity (Wildman–Crippen MR) is 203 cm³/mol. The van der Waals surface area contributed by atoms with Gasteiger partial charge in [-0.2, -0.15) is 9.97 Å². The molecule has 282 valence electrons. The van der Waals surface area contributed by atoms with Crippen molar-refractivity contribution in [3.05, 3.63) is 94.5 Å². The van der Waals surface area contributed by atoms with Crippen LogP contribution in [0.4, 0.5) is 19.0 Å². The number of halogens is 4. The maximum Gasteiger partial charge on any atom is 0.319 e. The normalized spacial score (nSPS) is 21.5. The molecule has 2 aromatic carbocycles. The number of hydrogen-bond acceptors (Lipinski definition) is 9. The Morgan fingerprint density at radius 2 is 1.98 bits per heavy atom. The molecule has 0 radical (unpaired) electrons. The Hall–Kier alpha value is -5.39. The number of alkyl halides is 1. The predicted octanol–water partition coefficient (Wildman–Crippen LogP) is 6.73. The van der Waals surface area contributed by atoms with Crippen LogP contribution in [0.25, 0.3) is 43.9 Å². The minimum Gasteiger partial charge on any atom is -0.461 e. The third kappa shape index (κ3) is 6.91. The summed E-state index contributed by atoms with van der Waals surface area (Å²) in [4.78, 5) is 45.3. The first-order valence-electron chi connectivity index (χ1n) is 18.3. The van der Waals surface area contributed by atoms with E-state index < -0.39 is 29.4 Å². The third-order valence-electron chi connectivity index (χ3n) is 10.9. The molecule has 3 aliphatic rings. The number of amides is 1. The van der Waals surface area contributed by atoms with E-state index >= 15 is 4.39 Å². The van der Waals surface area contributed by atoms with E-state index in [4.69, 9.17) is 27.9 Å². The van der Waals surface area contributed by atoms with Crippen LogP contribution in [-0.2, 0) is 11.2 Å². The number of carbonyl (C=O) groups excluding carboxylic acids is 1. The van der Waals surface area contributed by atoms with Crippen LogP contribution in [0.1, 0.15) is 37.7 Å². The van der Waals surface area contributed by atoms with E-state index in [-0.39, 0.29) is 65.3 Å². The summed E-state index contributed by atoms with van der Waals surface area (Å²) < 4.78 is 52.5. The fraction of sp³-hybridized carbons (Fsp3) is 0.375. The van der Waals surface area contributed by atoms with Crippen LogP contribution in [-0.4, -0.2) is 104 Å². The van der Waals surface area contributed by atoms with Crippen LogP contribution in [0.3, 0.4) is 0 Å². The van der Waals surface area contributed by atoms with E-state index in [1.54, 1.807) is 47.5 Å². The molecule has 0 N–H and O–H groups in total. The molecule has 6 heterocycles. The summed E-state index contributed by atoms with van der Waals surface area (Å²) in [6.07, 6.45) is 7.89. The van der Waals surface area contributed by atoms with Crippen molar-refractivity contribution in [3.63, 3.8) is 0 Å². The number of fused-ring (bicyclic) bond motifs is 3. The lowest BCUT2D eigenvalue weighted by Crippen LogP contribution is -2.56. The fourth-order valence-corrected chi connectivity index (χ4v) is 8.47. The highest BCUT2D eigenvalue weighted by Gasteiger charge is 2.49. The second-order valence-electron chi connectivity index (χ2n) is 14.2. The van der Waals surface area contributed by atoms with Gasteiger partial charge in [-0.15, -0.1) is 0 Å². The van der Waals surface area contributed by atoms with Gasteiger partial charge in [-0.3, -0.25) is 14.7 Å². The van der Waals surface area contributed by atoms with Crippen molar-refractivity contribution in [1.82, 2.24) is 34.7 Å². The van der Waals surface area contributed by atoms with Gasteiger partial charge in [0.1, 0.15) is 47.5 Å². The van der Waals surface area contributed by atoms with Gasteiger partial charge in [0.05, 0.1) is 21.6 Å². The second kappa shape index (κ2) is 15.0. The van der Waals surface area contributed by atoms with Gasteiger partial charge in [0.2, 0.25) is 12.5 Å². The fourth-order valence-electron chi connectivity index (χ4n) is 8.20. The van der Waals surface area contributed by atoms with Crippen LogP contribution in [0.15, 0.2) is 54.9 Å². The molecule has 3 atom stereocenters. The summed E-state index contributed by atoms with van der Waals surface area (Å²) in [5.41, 5.74) is 0.221. The van der Waals surface area contributed by atoms with Crippen LogP contribution >= 0.6 is 11.6 Å². The Morgan fingerprint density at radius 3 is 2.82 bits per heavy atom. The van der Waals surface area contributed by atoms with E-state index in [2.05, 4.69) is 29.7 Å². The second-order valence-corrected chi connectivity index (χ2v) is 14.6. The lowest BCUT2D eigenvalue weighted by Gasteiger charge is -2.39. The highest BCUT2D eigenvalue weighted by atomic mass is 35.5. The number of hydrogen-bond donors (Lipinski definition) is 0. The van der Waals surface area contributed by atoms with Gasteiger partial charge in [0, 0.05) is 68.4 Å². The molecular weight excluding hydrogens is 731 g/mol. The van der Waals surface area contributed by atoms with Crippen molar-refractivity contribution in [2.24, 2.45) is 0 Å². The number of rotatable bonds is 9. The summed E-state index contributed by atoms with van der Waals surface area (Å²) in [6.45, 7) is 11.6. The molecule has 5 aromatic rings. The zero-order valence-corrected chi connectivity index (χ0v) is 30.8. The van der Waals surface area contributed by atoms with E-state index in [1.165, 1.54) is 18.3 Å². The number of aromatic nitrogens is 5. The van der Waals surface area contributed by atoms with Crippen molar-refractivity contribution in [2.75, 3.05) is 50.8 Å². The van der Waals surface area contributed by atoms with Gasteiger partial charge >= 0.3 is 6.01 Å². The van der Waals surface area contributed by atoms with Gasteiger partial charge in [-0.05, 0) is 43.0 Å². The number of aryl methyl sites for hydroxylation is 1. The molecule has 11 nitrogen and oxygen atoms in total. The Bertz CT molecular complexity index is 2380. The highest BCUT2D eigenvalue weighted by molar-refractivity contribution is 6.36. The smallest absolute Gasteiger partial charge is 0.319 e. The molecule has 55 heavy (non-hydrogen) atoms. The SMILES string of the molecule is [C-]#[N+]C[C@H]1CN(c2nc(OC[C@@]34CCCN3C[C@H](F)C4)nc3c(F)c(-c4cccc5ccc(F)c(Cl)c45)ncc23)CCN1C(=O)/C=C/c1ccnc(CC)n1. The molecule has 3 fully saturated rings. The highest BCUT2D eigenvalue weighted by Crippen LogP contribution is 2.41. The summed E-state index contributed by atoms with van der Waals surface area (Å²) in [5, 5.41) is 1.05. The largest absolute Gasteiger partial charge is 0.461 e. The van der Waals surface area contributed by atoms with Crippen LogP contribution < -0.4 is 9.64 Å². The first-order chi connectivity index (χ1) is 26.7. The molecule has 15 heteroatoms. The minimum atomic E-state index is -0.969. The van der Waals surface area contributed by atoms with Crippen LogP contribution in [0.5, 0.6) is 6.01 Å². The van der Waals surface area contributed by atoms with Crippen molar-refractivity contribution in [2.45, 2.75) is 50.4 Å². The number of carbonyl (C=O) groups is 1. The molecular formula is C40H37ClF3N9O2. The lowest BCUT2D eigenvalue weighted by molar-refractivity contribution is -0.128. The number of pyridine rings is 1. The summed E-state index contributed by atoms with van der Waals surface area (Å²) >= 11 is 6.43. The Balaban J connectivity index is 1.16. The number of piperazine rings is 1. The summed E-state index contributed by atoms with van der Waals surface area (Å²) in [6, 6.07) is 9.02. The quantitative estimate of drug-likeness (QED) is 0.119. The van der Waals surface area contributed by atoms with E-state index in [1.807, 2.05) is 11.8 Å². The number of ether oxygens (including phenoxy) is 1. The Morgan fingerprint density at radius 1 is 1.11 bits per heavy atom. The summed E-state index contributed by atoms with van der Waals surface area (Å²) in [7, 11) is 0. The summed E-state index contributed by atoms with van der Waals surface area (Å²) in [5.74, 6) is -0.713. The first kappa shape index (κ1) is 36.6. The van der Waals surface area contributed by atoms with Crippen LogP contribution in [0, 0.1) is 18.2 Å². The monoisotopic (exact) mass is 767 g/mol. The maximum absolute atomic E-state index is 17.0. The standard InChI is InChI=1S/C40H37ClF3N9O2/c1-3-31-46-14-12-26(48-31)9-11-32(54)53-17-16-51(22-27(53)19-45-2)38-29-20-47-36(28-7-4-6-24-8-10-30(43)34(41)33(24)28)35(44)37(29)49-39(50-38)55-23-40-13-5-15-52(40)21-25(42)18-40/h4,6-12,14,20,25,27H,3,5,13,15-19,21-23H2,1H3/b11-9+/t25-,27+,40+/m1/s1. The van der Waals surface area contributed by atoms with E-state index in [0.717, 1.165) is 19.4 Å². The molecule has 3 aliphatic heterocycles. The van der Waals surface area contributed by atoms with Crippen molar-refractivity contribution in [1.29, 1.82) is 0 Å². The molecule has 0 bridgehead atoms. The van der Waals surface area contributed by atoms with Gasteiger partial charge in [0.25, 0.3) is 0 Å². The molecule has 3 aromatic heterocycles. The molecule has 3 saturated heterocycles. The van der Waals surface area contributed by atoms with Gasteiger partial charge in [-0.25, -0.2) is 29.7 Å². The molecule has 1 amide bonds. The zero-order chi connectivity index (χ0) is 38.3. The Kier molecular flexibility index (Phi) is 10.00. The average Bonchev–Trinajstić information content (AvgIpc) is 3.73. The average molecular weight is 768 g/mol. The van der Waals surface area contributed by atoms with Crippen molar-refractivity contribution < 1.29 is 22.7 Å². The van der Waals surface area contributed by atoms with Gasteiger partial charge in [-0.1, -0.05) is 42.8 Å². The molecule has 0 unspecified atom stereocenters. The molecule has 0 saturated carbocycles. The van der Waals surface area contributed by atoms with Gasteiger partial charge in [0.15, 0.2) is 5.82 Å². The van der Waals surface area contributed by atoms with E-state index in [0.29, 0.717) is 54.0 Å². The van der Waals surface area contributed by atoms with Gasteiger partial charge < -0.3 is 19.4 Å². The molecule has 0 aliphatic carbocycles. The Labute approximate surface area is 320 Å². The lowest BCUT2D eigenvalue weighted by atomic mass is 9.95. The van der Waals surface area contributed by atoms with Crippen molar-refractivity contribution >= 4 is 51.1 Å². The maximum atomic E-state index is 17.0. The number of nitrogens with zero attached hydrogens (tertiary/aromatic N) is 9. The minimum absolute atomic E-state index is 0.0217.